The number of rotatable bonds is 1. The molecule has 2 nitrogen and oxygen atoms in total. The van der Waals surface area contributed by atoms with Crippen LogP contribution in [0.3, 0.4) is 0 Å². The SMILES string of the molecule is CC1CCCC(C)N1C(=O)C1C=CC=C1. The number of allylic oxidation sites excluding steroid dienone is 2. The molecule has 0 radical (unpaired) electrons. The van der Waals surface area contributed by atoms with Crippen LogP contribution >= 0.6 is 0 Å². The summed E-state index contributed by atoms with van der Waals surface area (Å²) >= 11 is 0. The van der Waals surface area contributed by atoms with Crippen molar-refractivity contribution in [3.8, 4) is 0 Å². The van der Waals surface area contributed by atoms with E-state index in [2.05, 4.69) is 18.7 Å². The van der Waals surface area contributed by atoms with E-state index in [-0.39, 0.29) is 11.8 Å². The molecule has 1 heterocycles. The topological polar surface area (TPSA) is 20.3 Å². The van der Waals surface area contributed by atoms with Crippen molar-refractivity contribution < 1.29 is 4.79 Å². The normalized spacial score (nSPS) is 31.2. The molecular formula is C13H19NO. The number of hydrogen-bond donors (Lipinski definition) is 0. The second-order valence-corrected chi connectivity index (χ2v) is 4.67. The minimum atomic E-state index is -0.00648. The predicted molar refractivity (Wildman–Crippen MR) is 61.4 cm³/mol. The van der Waals surface area contributed by atoms with Crippen molar-refractivity contribution in [1.82, 2.24) is 4.90 Å². The minimum Gasteiger partial charge on any atom is -0.337 e. The molecule has 0 bridgehead atoms. The summed E-state index contributed by atoms with van der Waals surface area (Å²) in [6.07, 6.45) is 11.4. The third kappa shape index (κ3) is 1.99. The summed E-state index contributed by atoms with van der Waals surface area (Å²) < 4.78 is 0. The summed E-state index contributed by atoms with van der Waals surface area (Å²) in [7, 11) is 0. The zero-order valence-corrected chi connectivity index (χ0v) is 9.52. The van der Waals surface area contributed by atoms with Gasteiger partial charge in [0.15, 0.2) is 0 Å². The number of likely N-dealkylation sites (tertiary alicyclic amines) is 1. The van der Waals surface area contributed by atoms with E-state index in [0.29, 0.717) is 12.1 Å². The van der Waals surface area contributed by atoms with Crippen LogP contribution in [0.5, 0.6) is 0 Å². The first-order valence-corrected chi connectivity index (χ1v) is 5.87. The molecule has 1 aliphatic heterocycles. The molecule has 0 N–H and O–H groups in total. The maximum absolute atomic E-state index is 12.2. The van der Waals surface area contributed by atoms with Gasteiger partial charge in [-0.1, -0.05) is 24.3 Å². The van der Waals surface area contributed by atoms with Gasteiger partial charge < -0.3 is 4.90 Å². The van der Waals surface area contributed by atoms with E-state index in [1.54, 1.807) is 0 Å². The highest BCUT2D eigenvalue weighted by Gasteiger charge is 2.31. The van der Waals surface area contributed by atoms with Crippen molar-refractivity contribution in [2.45, 2.75) is 45.2 Å². The van der Waals surface area contributed by atoms with Gasteiger partial charge in [0.2, 0.25) is 5.91 Å². The Hall–Kier alpha value is -1.05. The van der Waals surface area contributed by atoms with E-state index in [1.807, 2.05) is 24.3 Å². The summed E-state index contributed by atoms with van der Waals surface area (Å²) in [6.45, 7) is 4.33. The highest BCUT2D eigenvalue weighted by atomic mass is 16.2. The van der Waals surface area contributed by atoms with E-state index in [9.17, 15) is 4.79 Å². The first-order chi connectivity index (χ1) is 7.20. The molecule has 15 heavy (non-hydrogen) atoms. The van der Waals surface area contributed by atoms with Crippen LogP contribution < -0.4 is 0 Å². The van der Waals surface area contributed by atoms with Crippen molar-refractivity contribution in [1.29, 1.82) is 0 Å². The monoisotopic (exact) mass is 205 g/mol. The van der Waals surface area contributed by atoms with E-state index in [0.717, 1.165) is 12.8 Å². The summed E-state index contributed by atoms with van der Waals surface area (Å²) in [5, 5.41) is 0. The molecule has 1 saturated heterocycles. The number of carbonyl (C=O) groups excluding carboxylic acids is 1. The maximum atomic E-state index is 12.2. The fraction of sp³-hybridized carbons (Fsp3) is 0.615. The van der Waals surface area contributed by atoms with Gasteiger partial charge in [-0.15, -0.1) is 0 Å². The fourth-order valence-corrected chi connectivity index (χ4v) is 2.62. The van der Waals surface area contributed by atoms with Crippen LogP contribution in [0.1, 0.15) is 33.1 Å². The van der Waals surface area contributed by atoms with Gasteiger partial charge >= 0.3 is 0 Å². The summed E-state index contributed by atoms with van der Waals surface area (Å²) in [6, 6.07) is 0.812. The molecule has 2 unspecified atom stereocenters. The average Bonchev–Trinajstić information content (AvgIpc) is 2.69. The molecule has 82 valence electrons. The number of hydrogen-bond acceptors (Lipinski definition) is 1. The van der Waals surface area contributed by atoms with Crippen LogP contribution in [-0.2, 0) is 4.79 Å². The molecule has 0 aromatic rings. The van der Waals surface area contributed by atoms with Gasteiger partial charge in [-0.2, -0.15) is 0 Å². The molecule has 2 rings (SSSR count). The van der Waals surface area contributed by atoms with Crippen LogP contribution in [0, 0.1) is 5.92 Å². The third-order valence-electron chi connectivity index (χ3n) is 3.48. The zero-order valence-electron chi connectivity index (χ0n) is 9.52. The lowest BCUT2D eigenvalue weighted by Crippen LogP contribution is -2.49. The number of nitrogens with zero attached hydrogens (tertiary/aromatic N) is 1. The molecule has 2 aliphatic rings. The van der Waals surface area contributed by atoms with Gasteiger partial charge in [-0.25, -0.2) is 0 Å². The second kappa shape index (κ2) is 4.21. The average molecular weight is 205 g/mol. The van der Waals surface area contributed by atoms with E-state index in [4.69, 9.17) is 0 Å². The van der Waals surface area contributed by atoms with Crippen LogP contribution in [-0.4, -0.2) is 22.9 Å². The molecule has 0 spiro atoms. The Kier molecular flexibility index (Phi) is 2.94. The molecule has 0 aromatic heterocycles. The Bertz CT molecular complexity index is 284. The molecule has 1 fully saturated rings. The molecular weight excluding hydrogens is 186 g/mol. The lowest BCUT2D eigenvalue weighted by Gasteiger charge is -2.40. The fourth-order valence-electron chi connectivity index (χ4n) is 2.62. The van der Waals surface area contributed by atoms with Gasteiger partial charge in [-0.05, 0) is 33.1 Å². The number of carbonyl (C=O) groups is 1. The van der Waals surface area contributed by atoms with Gasteiger partial charge in [0.1, 0.15) is 0 Å². The van der Waals surface area contributed by atoms with Gasteiger partial charge in [-0.3, -0.25) is 4.79 Å². The van der Waals surface area contributed by atoms with Gasteiger partial charge in [0, 0.05) is 12.1 Å². The largest absolute Gasteiger partial charge is 0.337 e. The molecule has 2 heteroatoms. The highest BCUT2D eigenvalue weighted by Crippen LogP contribution is 2.25. The Labute approximate surface area is 91.6 Å². The van der Waals surface area contributed by atoms with Crippen LogP contribution in [0.25, 0.3) is 0 Å². The van der Waals surface area contributed by atoms with Gasteiger partial charge in [0.05, 0.1) is 5.92 Å². The highest BCUT2D eigenvalue weighted by molar-refractivity contribution is 5.83. The Morgan fingerprint density at radius 3 is 2.20 bits per heavy atom. The molecule has 1 amide bonds. The van der Waals surface area contributed by atoms with Crippen LogP contribution in [0.4, 0.5) is 0 Å². The Morgan fingerprint density at radius 2 is 1.67 bits per heavy atom. The van der Waals surface area contributed by atoms with Crippen molar-refractivity contribution in [2.24, 2.45) is 5.92 Å². The van der Waals surface area contributed by atoms with Crippen LogP contribution in [0.15, 0.2) is 24.3 Å². The Morgan fingerprint density at radius 1 is 1.13 bits per heavy atom. The van der Waals surface area contributed by atoms with Crippen molar-refractivity contribution in [3.63, 3.8) is 0 Å². The van der Waals surface area contributed by atoms with Crippen LogP contribution in [0.2, 0.25) is 0 Å². The van der Waals surface area contributed by atoms with Crippen molar-refractivity contribution in [3.05, 3.63) is 24.3 Å². The predicted octanol–water partition coefficient (Wildman–Crippen LogP) is 2.52. The Balaban J connectivity index is 2.10. The zero-order chi connectivity index (χ0) is 10.8. The first-order valence-electron chi connectivity index (χ1n) is 5.87. The quantitative estimate of drug-likeness (QED) is 0.644. The molecule has 0 saturated carbocycles. The van der Waals surface area contributed by atoms with Crippen molar-refractivity contribution >= 4 is 5.91 Å². The second-order valence-electron chi connectivity index (χ2n) is 4.67. The summed E-state index contributed by atoms with van der Waals surface area (Å²) in [4.78, 5) is 14.3. The van der Waals surface area contributed by atoms with E-state index >= 15 is 0 Å². The molecule has 0 aromatic carbocycles. The van der Waals surface area contributed by atoms with Crippen molar-refractivity contribution in [2.75, 3.05) is 0 Å². The standard InChI is InChI=1S/C13H19NO/c1-10-6-5-7-11(2)14(10)13(15)12-8-3-4-9-12/h3-4,8-12H,5-7H2,1-2H3. The van der Waals surface area contributed by atoms with Gasteiger partial charge in [0.25, 0.3) is 0 Å². The number of amides is 1. The van der Waals surface area contributed by atoms with E-state index in [1.165, 1.54) is 6.42 Å². The first kappa shape index (κ1) is 10.5. The smallest absolute Gasteiger partial charge is 0.233 e. The number of piperidine rings is 1. The molecule has 1 aliphatic carbocycles. The lowest BCUT2D eigenvalue weighted by molar-refractivity contribution is -0.138. The minimum absolute atomic E-state index is 0.00648. The molecule has 2 atom stereocenters. The lowest BCUT2D eigenvalue weighted by atomic mass is 9.95. The third-order valence-corrected chi connectivity index (χ3v) is 3.48. The maximum Gasteiger partial charge on any atom is 0.233 e. The summed E-state index contributed by atoms with van der Waals surface area (Å²) in [5.41, 5.74) is 0. The summed E-state index contributed by atoms with van der Waals surface area (Å²) in [5.74, 6) is 0.271. The van der Waals surface area contributed by atoms with E-state index < -0.39 is 0 Å².